The van der Waals surface area contributed by atoms with E-state index in [1.165, 1.54) is 24.1 Å². The van der Waals surface area contributed by atoms with Crippen LogP contribution in [0.2, 0.25) is 0 Å². The van der Waals surface area contributed by atoms with Crippen LogP contribution in [0.4, 0.5) is 13.2 Å². The molecule has 1 fully saturated rings. The molecule has 1 aromatic carbocycles. The minimum Gasteiger partial charge on any atom is -0.246 e. The van der Waals surface area contributed by atoms with E-state index in [0.29, 0.717) is 4.90 Å². The Morgan fingerprint density at radius 2 is 1.81 bits per heavy atom. The zero-order valence-corrected chi connectivity index (χ0v) is 9.44. The van der Waals surface area contributed by atoms with Crippen LogP contribution in [0.3, 0.4) is 0 Å². The number of alkyl halides is 3. The van der Waals surface area contributed by atoms with Crippen LogP contribution in [0.1, 0.15) is 18.4 Å². The summed E-state index contributed by atoms with van der Waals surface area (Å²) in [6.45, 7) is 1.92. The maximum absolute atomic E-state index is 12.5. The quantitative estimate of drug-likeness (QED) is 0.731. The van der Waals surface area contributed by atoms with E-state index in [1.54, 1.807) is 6.07 Å². The van der Waals surface area contributed by atoms with E-state index in [0.717, 1.165) is 32.0 Å². The molecule has 1 aliphatic rings. The van der Waals surface area contributed by atoms with Crippen LogP contribution < -0.4 is 0 Å². The van der Waals surface area contributed by atoms with Gasteiger partial charge in [0.2, 0.25) is 0 Å². The molecule has 1 saturated heterocycles. The van der Waals surface area contributed by atoms with E-state index < -0.39 is 11.7 Å². The van der Waals surface area contributed by atoms with Crippen LogP contribution in [-0.2, 0) is 6.18 Å². The van der Waals surface area contributed by atoms with Gasteiger partial charge < -0.3 is 0 Å². The van der Waals surface area contributed by atoms with Gasteiger partial charge >= 0.3 is 6.18 Å². The summed E-state index contributed by atoms with van der Waals surface area (Å²) in [5.74, 6) is 0. The van der Waals surface area contributed by atoms with Gasteiger partial charge in [-0.05, 0) is 43.0 Å². The monoisotopic (exact) mass is 247 g/mol. The number of nitrogens with zero attached hydrogens (tertiary/aromatic N) is 1. The molecule has 1 aliphatic heterocycles. The van der Waals surface area contributed by atoms with Gasteiger partial charge in [0, 0.05) is 18.0 Å². The molecule has 2 rings (SSSR count). The van der Waals surface area contributed by atoms with Crippen molar-refractivity contribution in [2.45, 2.75) is 23.9 Å². The molecule has 5 heteroatoms. The molecule has 16 heavy (non-hydrogen) atoms. The van der Waals surface area contributed by atoms with Gasteiger partial charge in [0.25, 0.3) is 0 Å². The normalized spacial score (nSPS) is 17.9. The highest BCUT2D eigenvalue weighted by Crippen LogP contribution is 2.33. The van der Waals surface area contributed by atoms with Crippen molar-refractivity contribution in [3.63, 3.8) is 0 Å². The third-order valence-corrected chi connectivity index (χ3v) is 3.55. The summed E-state index contributed by atoms with van der Waals surface area (Å²) in [5.41, 5.74) is -0.573. The van der Waals surface area contributed by atoms with E-state index >= 15 is 0 Å². The third kappa shape index (κ3) is 2.92. The second-order valence-corrected chi connectivity index (χ2v) is 4.92. The highest BCUT2D eigenvalue weighted by Gasteiger charge is 2.30. The van der Waals surface area contributed by atoms with Gasteiger partial charge in [-0.25, -0.2) is 4.31 Å². The molecule has 0 bridgehead atoms. The molecular weight excluding hydrogens is 235 g/mol. The summed E-state index contributed by atoms with van der Waals surface area (Å²) in [6, 6.07) is 5.50. The molecule has 88 valence electrons. The van der Waals surface area contributed by atoms with Crippen LogP contribution in [0.5, 0.6) is 0 Å². The second-order valence-electron chi connectivity index (χ2n) is 3.75. The van der Waals surface area contributed by atoms with Gasteiger partial charge in [-0.3, -0.25) is 0 Å². The van der Waals surface area contributed by atoms with Crippen molar-refractivity contribution in [2.75, 3.05) is 13.1 Å². The van der Waals surface area contributed by atoms with E-state index in [1.807, 2.05) is 0 Å². The highest BCUT2D eigenvalue weighted by atomic mass is 32.2. The first-order chi connectivity index (χ1) is 7.55. The zero-order valence-electron chi connectivity index (χ0n) is 8.63. The van der Waals surface area contributed by atoms with Gasteiger partial charge in [0.05, 0.1) is 5.56 Å². The molecule has 0 atom stereocenters. The number of hydrogen-bond donors (Lipinski definition) is 0. The van der Waals surface area contributed by atoms with Gasteiger partial charge in [-0.15, -0.1) is 0 Å². The lowest BCUT2D eigenvalue weighted by molar-refractivity contribution is -0.137. The topological polar surface area (TPSA) is 3.24 Å². The van der Waals surface area contributed by atoms with Crippen molar-refractivity contribution in [1.82, 2.24) is 4.31 Å². The lowest BCUT2D eigenvalue weighted by Crippen LogP contribution is -2.09. The Labute approximate surface area is 96.8 Å². The van der Waals surface area contributed by atoms with Gasteiger partial charge in [0.15, 0.2) is 0 Å². The van der Waals surface area contributed by atoms with Crippen LogP contribution in [0, 0.1) is 0 Å². The minimum absolute atomic E-state index is 0.573. The van der Waals surface area contributed by atoms with Gasteiger partial charge in [-0.1, -0.05) is 6.07 Å². The number of halogens is 3. The molecule has 0 N–H and O–H groups in total. The zero-order chi connectivity index (χ0) is 11.6. The lowest BCUT2D eigenvalue weighted by Gasteiger charge is -2.14. The van der Waals surface area contributed by atoms with Crippen LogP contribution >= 0.6 is 11.9 Å². The molecular formula is C11H12F3NS. The predicted molar refractivity (Wildman–Crippen MR) is 58.1 cm³/mol. The molecule has 0 amide bonds. The highest BCUT2D eigenvalue weighted by molar-refractivity contribution is 7.97. The molecule has 0 spiro atoms. The minimum atomic E-state index is -4.25. The Morgan fingerprint density at radius 1 is 1.12 bits per heavy atom. The number of rotatable bonds is 2. The van der Waals surface area contributed by atoms with E-state index in [4.69, 9.17) is 0 Å². The smallest absolute Gasteiger partial charge is 0.246 e. The first-order valence-electron chi connectivity index (χ1n) is 5.16. The van der Waals surface area contributed by atoms with E-state index in [9.17, 15) is 13.2 Å². The molecule has 0 unspecified atom stereocenters. The Bertz CT molecular complexity index is 358. The van der Waals surface area contributed by atoms with E-state index in [2.05, 4.69) is 4.31 Å². The Morgan fingerprint density at radius 3 is 2.44 bits per heavy atom. The predicted octanol–water partition coefficient (Wildman–Crippen LogP) is 3.81. The summed E-state index contributed by atoms with van der Waals surface area (Å²) < 4.78 is 39.5. The van der Waals surface area contributed by atoms with Crippen LogP contribution in [-0.4, -0.2) is 17.4 Å². The first-order valence-corrected chi connectivity index (χ1v) is 5.93. The third-order valence-electron chi connectivity index (χ3n) is 2.46. The fraction of sp³-hybridized carbons (Fsp3) is 0.455. The molecule has 0 aromatic heterocycles. The average molecular weight is 247 g/mol. The molecule has 0 saturated carbocycles. The Balaban J connectivity index is 2.09. The van der Waals surface area contributed by atoms with Crippen molar-refractivity contribution in [2.24, 2.45) is 0 Å². The SMILES string of the molecule is FC(F)(F)c1cccc(SN2CCCC2)c1. The van der Waals surface area contributed by atoms with Crippen LogP contribution in [0.15, 0.2) is 29.2 Å². The maximum Gasteiger partial charge on any atom is 0.416 e. The molecule has 1 heterocycles. The second kappa shape index (κ2) is 4.67. The number of hydrogen-bond acceptors (Lipinski definition) is 2. The molecule has 1 nitrogen and oxygen atoms in total. The molecule has 0 aliphatic carbocycles. The van der Waals surface area contributed by atoms with Crippen molar-refractivity contribution >= 4 is 11.9 Å². The summed E-state index contributed by atoms with van der Waals surface area (Å²) in [5, 5.41) is 0. The summed E-state index contributed by atoms with van der Waals surface area (Å²) in [4.78, 5) is 0.664. The lowest BCUT2D eigenvalue weighted by atomic mass is 10.2. The van der Waals surface area contributed by atoms with Crippen molar-refractivity contribution < 1.29 is 13.2 Å². The Hall–Kier alpha value is -0.680. The Kier molecular flexibility index (Phi) is 3.44. The van der Waals surface area contributed by atoms with Crippen molar-refractivity contribution in [1.29, 1.82) is 0 Å². The van der Waals surface area contributed by atoms with Gasteiger partial charge in [0.1, 0.15) is 0 Å². The summed E-state index contributed by atoms with van der Waals surface area (Å²) in [6.07, 6.45) is -1.99. The fourth-order valence-electron chi connectivity index (χ4n) is 1.66. The van der Waals surface area contributed by atoms with E-state index in [-0.39, 0.29) is 0 Å². The van der Waals surface area contributed by atoms with Gasteiger partial charge in [-0.2, -0.15) is 13.2 Å². The first kappa shape index (κ1) is 11.8. The summed E-state index contributed by atoms with van der Waals surface area (Å²) in [7, 11) is 0. The van der Waals surface area contributed by atoms with Crippen LogP contribution in [0.25, 0.3) is 0 Å². The fourth-order valence-corrected chi connectivity index (χ4v) is 2.72. The largest absolute Gasteiger partial charge is 0.416 e. The molecule has 0 radical (unpaired) electrons. The molecule has 1 aromatic rings. The summed E-state index contributed by atoms with van der Waals surface area (Å²) >= 11 is 1.41. The standard InChI is InChI=1S/C11H12F3NS/c12-11(13,14)9-4-3-5-10(8-9)16-15-6-1-2-7-15/h3-5,8H,1-2,6-7H2. The maximum atomic E-state index is 12.5. The number of benzene rings is 1. The van der Waals surface area contributed by atoms with Crippen molar-refractivity contribution in [3.05, 3.63) is 29.8 Å². The van der Waals surface area contributed by atoms with Crippen molar-refractivity contribution in [3.8, 4) is 0 Å². The average Bonchev–Trinajstić information content (AvgIpc) is 2.70.